The van der Waals surface area contributed by atoms with Crippen LogP contribution in [-0.4, -0.2) is 25.3 Å². The molecule has 0 aliphatic heterocycles. The third-order valence-electron chi connectivity index (χ3n) is 3.60. The Hall–Kier alpha value is -0.0800. The highest BCUT2D eigenvalue weighted by Crippen LogP contribution is 2.29. The zero-order valence-corrected chi connectivity index (χ0v) is 10.6. The molecule has 2 nitrogen and oxygen atoms in total. The van der Waals surface area contributed by atoms with Gasteiger partial charge in [0.2, 0.25) is 0 Å². The summed E-state index contributed by atoms with van der Waals surface area (Å²) in [5, 5.41) is 3.47. The van der Waals surface area contributed by atoms with Crippen LogP contribution in [0.1, 0.15) is 52.9 Å². The van der Waals surface area contributed by atoms with Crippen LogP contribution >= 0.6 is 0 Å². The van der Waals surface area contributed by atoms with E-state index in [0.717, 1.165) is 25.5 Å². The first-order valence-electron chi connectivity index (χ1n) is 6.62. The molecule has 2 atom stereocenters. The van der Waals surface area contributed by atoms with Crippen molar-refractivity contribution < 1.29 is 4.74 Å². The molecule has 0 radical (unpaired) electrons. The molecule has 2 heteroatoms. The Morgan fingerprint density at radius 3 is 2.53 bits per heavy atom. The number of nitrogens with one attached hydrogen (secondary N) is 1. The fraction of sp³-hybridized carbons (Fsp3) is 1.00. The van der Waals surface area contributed by atoms with Gasteiger partial charge in [-0.3, -0.25) is 0 Å². The minimum Gasteiger partial charge on any atom is -0.377 e. The van der Waals surface area contributed by atoms with Gasteiger partial charge in [0.05, 0.1) is 6.10 Å². The molecule has 2 unspecified atom stereocenters. The van der Waals surface area contributed by atoms with Gasteiger partial charge in [-0.1, -0.05) is 33.1 Å². The maximum absolute atomic E-state index is 5.89. The third-order valence-corrected chi connectivity index (χ3v) is 3.60. The topological polar surface area (TPSA) is 21.3 Å². The van der Waals surface area contributed by atoms with Crippen molar-refractivity contribution in [2.75, 3.05) is 13.2 Å². The van der Waals surface area contributed by atoms with E-state index < -0.39 is 0 Å². The Balaban J connectivity index is 2.06. The van der Waals surface area contributed by atoms with Crippen molar-refractivity contribution in [2.24, 2.45) is 5.92 Å². The molecule has 1 fully saturated rings. The van der Waals surface area contributed by atoms with E-state index in [4.69, 9.17) is 4.74 Å². The fourth-order valence-electron chi connectivity index (χ4n) is 2.22. The Labute approximate surface area is 94.8 Å². The van der Waals surface area contributed by atoms with Gasteiger partial charge in [-0.2, -0.15) is 0 Å². The van der Waals surface area contributed by atoms with Crippen LogP contribution in [0.2, 0.25) is 0 Å². The van der Waals surface area contributed by atoms with Crippen LogP contribution in [0.15, 0.2) is 0 Å². The maximum Gasteiger partial charge on any atom is 0.0699 e. The van der Waals surface area contributed by atoms with Gasteiger partial charge in [-0.25, -0.2) is 0 Å². The number of rotatable bonds is 8. The lowest BCUT2D eigenvalue weighted by Crippen LogP contribution is -2.39. The van der Waals surface area contributed by atoms with Crippen LogP contribution in [0, 0.1) is 5.92 Å². The van der Waals surface area contributed by atoms with Crippen molar-refractivity contribution in [3.05, 3.63) is 0 Å². The van der Waals surface area contributed by atoms with Crippen molar-refractivity contribution >= 4 is 0 Å². The highest BCUT2D eigenvalue weighted by molar-refractivity contribution is 4.73. The predicted molar refractivity (Wildman–Crippen MR) is 65.1 cm³/mol. The van der Waals surface area contributed by atoms with Gasteiger partial charge in [-0.05, 0) is 32.2 Å². The highest BCUT2D eigenvalue weighted by atomic mass is 16.5. The van der Waals surface area contributed by atoms with Crippen LogP contribution < -0.4 is 5.32 Å². The van der Waals surface area contributed by atoms with Crippen molar-refractivity contribution in [2.45, 2.75) is 65.0 Å². The van der Waals surface area contributed by atoms with Crippen LogP contribution in [0.25, 0.3) is 0 Å². The predicted octanol–water partition coefficient (Wildman–Crippen LogP) is 2.97. The summed E-state index contributed by atoms with van der Waals surface area (Å²) in [6.07, 6.45) is 7.08. The summed E-state index contributed by atoms with van der Waals surface area (Å²) in [6, 6.07) is 0.524. The van der Waals surface area contributed by atoms with Crippen molar-refractivity contribution in [1.82, 2.24) is 5.32 Å². The average Bonchev–Trinajstić information content (AvgIpc) is 2.17. The molecule has 0 aromatic rings. The number of hydrogen-bond acceptors (Lipinski definition) is 2. The third kappa shape index (κ3) is 4.52. The monoisotopic (exact) mass is 213 g/mol. The fourth-order valence-corrected chi connectivity index (χ4v) is 2.22. The summed E-state index contributed by atoms with van der Waals surface area (Å²) < 4.78 is 5.89. The van der Waals surface area contributed by atoms with Crippen LogP contribution in [0.3, 0.4) is 0 Å². The molecular formula is C13H27NO. The summed E-state index contributed by atoms with van der Waals surface area (Å²) in [4.78, 5) is 0. The van der Waals surface area contributed by atoms with Crippen molar-refractivity contribution in [3.8, 4) is 0 Å². The van der Waals surface area contributed by atoms with Gasteiger partial charge in [0, 0.05) is 12.6 Å². The largest absolute Gasteiger partial charge is 0.377 e. The number of likely N-dealkylation sites (N-methyl/N-ethyl adjacent to an activating group) is 1. The van der Waals surface area contributed by atoms with Gasteiger partial charge >= 0.3 is 0 Å². The lowest BCUT2D eigenvalue weighted by Gasteiger charge is -2.28. The van der Waals surface area contributed by atoms with Crippen molar-refractivity contribution in [3.63, 3.8) is 0 Å². The molecule has 0 bridgehead atoms. The summed E-state index contributed by atoms with van der Waals surface area (Å²) in [7, 11) is 0. The first kappa shape index (κ1) is 13.0. The second-order valence-corrected chi connectivity index (χ2v) is 4.73. The second-order valence-electron chi connectivity index (χ2n) is 4.73. The Bertz CT molecular complexity index is 157. The summed E-state index contributed by atoms with van der Waals surface area (Å²) in [6.45, 7) is 8.56. The van der Waals surface area contributed by atoms with E-state index in [1.807, 2.05) is 0 Å². The number of hydrogen-bond donors (Lipinski definition) is 1. The molecule has 0 heterocycles. The highest BCUT2D eigenvalue weighted by Gasteiger charge is 2.19. The summed E-state index contributed by atoms with van der Waals surface area (Å²) in [5.74, 6) is 0.969. The van der Waals surface area contributed by atoms with Gasteiger partial charge in [0.25, 0.3) is 0 Å². The van der Waals surface area contributed by atoms with Gasteiger partial charge in [-0.15, -0.1) is 0 Å². The second kappa shape index (κ2) is 7.24. The van der Waals surface area contributed by atoms with Gasteiger partial charge in [0.1, 0.15) is 0 Å². The first-order chi connectivity index (χ1) is 7.27. The minimum atomic E-state index is 0.357. The normalized spacial score (nSPS) is 21.0. The van der Waals surface area contributed by atoms with Crippen LogP contribution in [0.4, 0.5) is 0 Å². The molecule has 0 saturated heterocycles. The van der Waals surface area contributed by atoms with Crippen molar-refractivity contribution in [1.29, 1.82) is 0 Å². The molecule has 0 amide bonds. The van der Waals surface area contributed by atoms with Crippen LogP contribution in [-0.2, 0) is 4.74 Å². The van der Waals surface area contributed by atoms with E-state index in [9.17, 15) is 0 Å². The maximum atomic E-state index is 5.89. The lowest BCUT2D eigenvalue weighted by molar-refractivity contribution is 0.0252. The Morgan fingerprint density at radius 1 is 1.33 bits per heavy atom. The first-order valence-corrected chi connectivity index (χ1v) is 6.62. The zero-order chi connectivity index (χ0) is 11.1. The molecule has 1 N–H and O–H groups in total. The average molecular weight is 213 g/mol. The van der Waals surface area contributed by atoms with Gasteiger partial charge < -0.3 is 10.1 Å². The molecule has 1 aliphatic rings. The molecule has 0 aromatic heterocycles. The molecule has 0 aromatic carbocycles. The summed E-state index contributed by atoms with van der Waals surface area (Å²) in [5.41, 5.74) is 0. The van der Waals surface area contributed by atoms with E-state index >= 15 is 0 Å². The lowest BCUT2D eigenvalue weighted by atomic mass is 9.83. The van der Waals surface area contributed by atoms with E-state index in [1.54, 1.807) is 0 Å². The Morgan fingerprint density at radius 2 is 2.07 bits per heavy atom. The molecular weight excluding hydrogens is 186 g/mol. The van der Waals surface area contributed by atoms with E-state index in [0.29, 0.717) is 12.1 Å². The molecule has 0 spiro atoms. The zero-order valence-electron chi connectivity index (χ0n) is 10.6. The molecule has 1 saturated carbocycles. The smallest absolute Gasteiger partial charge is 0.0699 e. The molecule has 90 valence electrons. The Kier molecular flexibility index (Phi) is 6.26. The van der Waals surface area contributed by atoms with E-state index in [2.05, 4.69) is 26.1 Å². The molecule has 1 aliphatic carbocycles. The SMILES string of the molecule is CCNC(CC)C(C)OCCC1CCC1. The quantitative estimate of drug-likeness (QED) is 0.669. The van der Waals surface area contributed by atoms with Crippen LogP contribution in [0.5, 0.6) is 0 Å². The molecule has 15 heavy (non-hydrogen) atoms. The van der Waals surface area contributed by atoms with E-state index in [1.165, 1.54) is 25.7 Å². The summed E-state index contributed by atoms with van der Waals surface area (Å²) >= 11 is 0. The molecule has 1 rings (SSSR count). The minimum absolute atomic E-state index is 0.357. The van der Waals surface area contributed by atoms with E-state index in [-0.39, 0.29) is 0 Å². The number of ether oxygens (including phenoxy) is 1. The van der Waals surface area contributed by atoms with Gasteiger partial charge in [0.15, 0.2) is 0 Å². The standard InChI is InChI=1S/C13H27NO/c1-4-13(14-5-2)11(3)15-10-9-12-7-6-8-12/h11-14H,4-10H2,1-3H3.